The fraction of sp³-hybridized carbons (Fsp3) is 0.577. The quantitative estimate of drug-likeness (QED) is 0.235. The van der Waals surface area contributed by atoms with E-state index in [-0.39, 0.29) is 11.3 Å². The second-order valence-electron chi connectivity index (χ2n) is 10.5. The molecule has 0 spiro atoms. The highest BCUT2D eigenvalue weighted by molar-refractivity contribution is 6.22. The molecule has 3 aliphatic carbocycles. The van der Waals surface area contributed by atoms with Gasteiger partial charge in [-0.2, -0.15) is 0 Å². The van der Waals surface area contributed by atoms with Crippen molar-refractivity contribution in [2.24, 2.45) is 23.5 Å². The van der Waals surface area contributed by atoms with Gasteiger partial charge in [0.05, 0.1) is 23.8 Å². The Kier molecular flexibility index (Phi) is 6.76. The number of phenolic OH excluding ortho intramolecular Hbond substituents is 1. The van der Waals surface area contributed by atoms with E-state index in [0.29, 0.717) is 18.5 Å². The minimum Gasteiger partial charge on any atom is -0.508 e. The van der Waals surface area contributed by atoms with Gasteiger partial charge in [0.2, 0.25) is 0 Å². The van der Waals surface area contributed by atoms with Gasteiger partial charge in [-0.1, -0.05) is 32.4 Å². The predicted molar refractivity (Wildman–Crippen MR) is 130 cm³/mol. The molecule has 1 saturated carbocycles. The summed E-state index contributed by atoms with van der Waals surface area (Å²) in [4.78, 5) is 41.1. The number of nitrogens with one attached hydrogen (secondary N) is 1. The molecule has 7 N–H and O–H groups in total. The first-order chi connectivity index (χ1) is 16.9. The van der Waals surface area contributed by atoms with E-state index in [4.69, 9.17) is 5.73 Å². The Morgan fingerprint density at radius 1 is 1.19 bits per heavy atom. The molecule has 1 amide bonds. The number of nitrogens with zero attached hydrogens (tertiary/aromatic N) is 1. The number of fused-ring (bicyclic) bond motifs is 3. The first-order valence-electron chi connectivity index (χ1n) is 12.3. The number of carbonyl (C=O) groups excluding carboxylic acids is 3. The smallest absolute Gasteiger partial charge is 0.255 e. The lowest BCUT2D eigenvalue weighted by molar-refractivity contribution is -0.187. The van der Waals surface area contributed by atoms with Crippen LogP contribution in [0.15, 0.2) is 29.5 Å². The number of nitrogens with two attached hydrogens (primary N) is 1. The number of hydrogen-bond donors (Lipinski definition) is 6. The van der Waals surface area contributed by atoms with Crippen molar-refractivity contribution in [1.29, 1.82) is 0 Å². The van der Waals surface area contributed by atoms with E-state index in [1.165, 1.54) is 11.0 Å². The number of aliphatic hydroxyl groups is 3. The van der Waals surface area contributed by atoms with E-state index in [2.05, 4.69) is 5.32 Å². The number of primary amides is 1. The van der Waals surface area contributed by atoms with Crippen molar-refractivity contribution in [2.45, 2.75) is 56.4 Å². The lowest BCUT2D eigenvalue weighted by atomic mass is 9.49. The second kappa shape index (κ2) is 9.26. The summed E-state index contributed by atoms with van der Waals surface area (Å²) in [6, 6.07) is 2.40. The number of rotatable bonds is 6. The molecule has 0 saturated heterocycles. The zero-order valence-corrected chi connectivity index (χ0v) is 20.9. The maximum Gasteiger partial charge on any atom is 0.255 e. The molecule has 1 fully saturated rings. The second-order valence-corrected chi connectivity index (χ2v) is 10.5. The van der Waals surface area contributed by atoms with Crippen LogP contribution >= 0.6 is 0 Å². The van der Waals surface area contributed by atoms with Crippen LogP contribution in [0.2, 0.25) is 0 Å². The van der Waals surface area contributed by atoms with E-state index in [1.54, 1.807) is 26.2 Å². The van der Waals surface area contributed by atoms with Gasteiger partial charge in [0.1, 0.15) is 22.7 Å². The molecule has 0 aromatic heterocycles. The number of benzene rings is 1. The summed E-state index contributed by atoms with van der Waals surface area (Å²) in [6.45, 7) is 4.17. The van der Waals surface area contributed by atoms with Gasteiger partial charge in [0, 0.05) is 17.8 Å². The molecule has 0 heterocycles. The molecule has 1 aromatic rings. The van der Waals surface area contributed by atoms with E-state index >= 15 is 0 Å². The van der Waals surface area contributed by atoms with E-state index in [1.807, 2.05) is 13.8 Å². The lowest BCUT2D eigenvalue weighted by Crippen LogP contribution is -2.77. The summed E-state index contributed by atoms with van der Waals surface area (Å²) in [5.74, 6) is -7.12. The number of ketones is 2. The fourth-order valence-corrected chi connectivity index (χ4v) is 6.80. The topological polar surface area (TPSA) is 173 Å². The van der Waals surface area contributed by atoms with Gasteiger partial charge in [-0.05, 0) is 44.6 Å². The van der Waals surface area contributed by atoms with Crippen molar-refractivity contribution in [3.8, 4) is 5.75 Å². The third-order valence-corrected chi connectivity index (χ3v) is 8.38. The zero-order chi connectivity index (χ0) is 26.7. The zero-order valence-electron chi connectivity index (χ0n) is 20.9. The van der Waals surface area contributed by atoms with Gasteiger partial charge in [-0.15, -0.1) is 0 Å². The molecule has 196 valence electrons. The maximum absolute atomic E-state index is 13.9. The van der Waals surface area contributed by atoms with Crippen molar-refractivity contribution in [2.75, 3.05) is 20.6 Å². The molecule has 36 heavy (non-hydrogen) atoms. The third kappa shape index (κ3) is 3.50. The first-order valence-corrected chi connectivity index (χ1v) is 12.3. The summed E-state index contributed by atoms with van der Waals surface area (Å²) in [6.07, 6.45) is 0.0809. The molecule has 10 heteroatoms. The highest BCUT2D eigenvalue weighted by Crippen LogP contribution is 2.56. The molecule has 0 radical (unpaired) electrons. The summed E-state index contributed by atoms with van der Waals surface area (Å²) >= 11 is 0. The van der Waals surface area contributed by atoms with Crippen molar-refractivity contribution in [3.63, 3.8) is 0 Å². The first kappa shape index (κ1) is 26.3. The summed E-state index contributed by atoms with van der Waals surface area (Å²) < 4.78 is 0. The van der Waals surface area contributed by atoms with Crippen LogP contribution in [0.3, 0.4) is 0 Å². The highest BCUT2D eigenvalue weighted by Gasteiger charge is 2.70. The Hall–Kier alpha value is -2.79. The number of Topliss-reactive ketones (excluding diaryl/α,β-unsaturated/α-hetero) is 2. The fourth-order valence-electron chi connectivity index (χ4n) is 6.80. The Labute approximate surface area is 209 Å². The number of hydrogen-bond acceptors (Lipinski definition) is 9. The molecule has 3 aliphatic rings. The number of aromatic hydroxyl groups is 1. The predicted octanol–water partition coefficient (Wildman–Crippen LogP) is 0.215. The molecule has 8 atom stereocenters. The van der Waals surface area contributed by atoms with Crippen LogP contribution in [0.5, 0.6) is 5.75 Å². The number of likely N-dealkylation sites (N-methyl/N-ethyl adjacent to an activating group) is 1. The van der Waals surface area contributed by atoms with Crippen LogP contribution in [-0.4, -0.2) is 87.2 Å². The van der Waals surface area contributed by atoms with Crippen molar-refractivity contribution in [3.05, 3.63) is 40.7 Å². The maximum atomic E-state index is 13.9. The third-order valence-electron chi connectivity index (χ3n) is 8.38. The molecule has 4 rings (SSSR count). The molecule has 0 bridgehead atoms. The van der Waals surface area contributed by atoms with Crippen LogP contribution in [0.25, 0.3) is 0 Å². The minimum atomic E-state index is -2.36. The highest BCUT2D eigenvalue weighted by atomic mass is 16.3. The average molecular weight is 502 g/mol. The Balaban J connectivity index is 2.01. The minimum absolute atomic E-state index is 0.109. The van der Waals surface area contributed by atoms with Gasteiger partial charge >= 0.3 is 0 Å². The Morgan fingerprint density at radius 3 is 2.44 bits per heavy atom. The standard InChI is InChI=1S/C26H35N3O7/c1-5-6-10-28-23-16-14(11(2)12-8-7-9-13(30)15(12)20(16)31)21(32)18-19(29(3)4)22(33)17(25(27)35)24(34)26(18,23)36/h7-9,11,14,16,18-19,21,23,28,30,32,34,36H,5-6,10H2,1-4H3,(H2,27,35)/t11?,14?,16?,18?,19-,21?,23?,26-/m0/s1. The van der Waals surface area contributed by atoms with Crippen LogP contribution in [0, 0.1) is 17.8 Å². The summed E-state index contributed by atoms with van der Waals surface area (Å²) in [7, 11) is 3.15. The molecular formula is C26H35N3O7. The van der Waals surface area contributed by atoms with Gasteiger partial charge in [0.15, 0.2) is 11.6 Å². The number of phenols is 1. The van der Waals surface area contributed by atoms with Crippen LogP contribution in [0.1, 0.15) is 48.5 Å². The largest absolute Gasteiger partial charge is 0.508 e. The normalized spacial score (nSPS) is 35.9. The van der Waals surface area contributed by atoms with Crippen molar-refractivity contribution in [1.82, 2.24) is 10.2 Å². The van der Waals surface area contributed by atoms with E-state index in [9.17, 15) is 34.8 Å². The van der Waals surface area contributed by atoms with Crippen LogP contribution in [-0.2, 0) is 9.59 Å². The molecular weight excluding hydrogens is 466 g/mol. The molecule has 1 aromatic carbocycles. The van der Waals surface area contributed by atoms with Crippen LogP contribution in [0.4, 0.5) is 0 Å². The summed E-state index contributed by atoms with van der Waals surface area (Å²) in [5.41, 5.74) is 3.05. The summed E-state index contributed by atoms with van der Waals surface area (Å²) in [5, 5.41) is 49.1. The van der Waals surface area contributed by atoms with Gasteiger partial charge < -0.3 is 31.5 Å². The Morgan fingerprint density at radius 2 is 1.86 bits per heavy atom. The van der Waals surface area contributed by atoms with Gasteiger partial charge in [0.25, 0.3) is 5.91 Å². The number of amides is 1. The number of aliphatic hydroxyl groups excluding tert-OH is 2. The SMILES string of the molecule is CCCCNC1C2C(=O)c3c(O)cccc3C(C)C2C(O)C2[C@H](N(C)C)C(=O)C(C(N)=O)=C(O)[C@@]12O. The van der Waals surface area contributed by atoms with Gasteiger partial charge in [-0.3, -0.25) is 19.3 Å². The number of carbonyl (C=O) groups is 3. The average Bonchev–Trinajstić information content (AvgIpc) is 2.80. The van der Waals surface area contributed by atoms with Crippen molar-refractivity contribution >= 4 is 17.5 Å². The van der Waals surface area contributed by atoms with Gasteiger partial charge in [-0.25, -0.2) is 0 Å². The molecule has 0 aliphatic heterocycles. The van der Waals surface area contributed by atoms with Crippen LogP contribution < -0.4 is 11.1 Å². The number of unbranched alkanes of at least 4 members (excludes halogenated alkanes) is 1. The van der Waals surface area contributed by atoms with E-state index < -0.39 is 76.3 Å². The van der Waals surface area contributed by atoms with Crippen molar-refractivity contribution < 1.29 is 34.8 Å². The lowest BCUT2D eigenvalue weighted by Gasteiger charge is -2.60. The Bertz CT molecular complexity index is 1130. The molecule has 10 nitrogen and oxygen atoms in total. The van der Waals surface area contributed by atoms with E-state index in [0.717, 1.165) is 6.42 Å². The monoisotopic (exact) mass is 501 g/mol. The molecule has 6 unspecified atom stereocenters.